The zero-order valence-electron chi connectivity index (χ0n) is 59.2. The van der Waals surface area contributed by atoms with Gasteiger partial charge in [-0.2, -0.15) is 0 Å². The monoisotopic (exact) mass is 1320 g/mol. The first-order valence-corrected chi connectivity index (χ1v) is 38.1. The summed E-state index contributed by atoms with van der Waals surface area (Å²) < 4.78 is 22.9. The number of unbranched alkanes of at least 4 members (excludes halogenated alkanes) is 33. The van der Waals surface area contributed by atoms with Crippen molar-refractivity contribution in [1.82, 2.24) is 5.32 Å². The van der Waals surface area contributed by atoms with Crippen molar-refractivity contribution in [3.05, 3.63) is 109 Å². The highest BCUT2D eigenvalue weighted by atomic mass is 16.7. The van der Waals surface area contributed by atoms with E-state index in [1.807, 2.05) is 6.08 Å². The summed E-state index contributed by atoms with van der Waals surface area (Å²) in [5.41, 5.74) is 0. The number of ether oxygens (including phenoxy) is 4. The average Bonchev–Trinajstić information content (AvgIpc) is 0.794. The van der Waals surface area contributed by atoms with E-state index < -0.39 is 86.8 Å². The third kappa shape index (κ3) is 46.0. The number of amides is 1. The first-order valence-electron chi connectivity index (χ1n) is 38.1. The second-order valence-corrected chi connectivity index (χ2v) is 26.4. The third-order valence-corrected chi connectivity index (χ3v) is 17.9. The average molecular weight is 1320 g/mol. The lowest BCUT2D eigenvalue weighted by atomic mass is 9.97. The minimum Gasteiger partial charge on any atom is -0.394 e. The first-order chi connectivity index (χ1) is 46.1. The van der Waals surface area contributed by atoms with Crippen LogP contribution in [0.1, 0.15) is 296 Å². The Balaban J connectivity index is 1.67. The molecule has 542 valence electrons. The molecule has 2 aliphatic rings. The van der Waals surface area contributed by atoms with Crippen LogP contribution in [0.4, 0.5) is 0 Å². The molecule has 0 radical (unpaired) electrons. The van der Waals surface area contributed by atoms with Crippen molar-refractivity contribution in [2.24, 2.45) is 0 Å². The molecule has 0 bridgehead atoms. The standard InChI is InChI=1S/C80H139NO13/c1-3-5-7-9-11-13-15-17-19-21-23-25-27-29-31-32-33-34-35-36-38-40-42-44-46-48-50-52-54-56-58-60-62-64-72(85)81-68(67-91-79-77(90)75(88)78(71(66-83)93-79)94-80-76(89)74(87)73(86)70(65-82)92-80)69(84)63-61-59-57-55-53-51-49-47-45-43-41-39-37-30-28-26-24-22-20-18-16-14-12-10-8-6-4-2/h5,7,11,13,17,19,23,25,29,31,33-34,36,38,53,55,61,63,68-71,73-80,82-84,86-90H,3-4,6,8-10,12,14-16,18,20-22,24,26-28,30,32,35,37,39-52,54,56-60,62,64-67H2,1-2H3,(H,81,85)/b7-5-,13-11-,19-17-,25-23-,31-29-,34-33-,38-36-,55-53+,63-61+. The number of carbonyl (C=O) groups is 1. The molecule has 12 atom stereocenters. The molecule has 0 aromatic rings. The lowest BCUT2D eigenvalue weighted by Crippen LogP contribution is -2.65. The maximum Gasteiger partial charge on any atom is 0.220 e. The molecule has 0 saturated carbocycles. The molecular weight excluding hydrogens is 1180 g/mol. The first kappa shape index (κ1) is 86.7. The van der Waals surface area contributed by atoms with Gasteiger partial charge in [0.1, 0.15) is 48.8 Å². The van der Waals surface area contributed by atoms with Gasteiger partial charge >= 0.3 is 0 Å². The van der Waals surface area contributed by atoms with Gasteiger partial charge in [-0.15, -0.1) is 0 Å². The Labute approximate surface area is 572 Å². The van der Waals surface area contributed by atoms with Crippen LogP contribution in [0.25, 0.3) is 0 Å². The van der Waals surface area contributed by atoms with Gasteiger partial charge in [-0.25, -0.2) is 0 Å². The van der Waals surface area contributed by atoms with Crippen molar-refractivity contribution < 1.29 is 64.6 Å². The quantitative estimate of drug-likeness (QED) is 0.0204. The highest BCUT2D eigenvalue weighted by Crippen LogP contribution is 2.30. The van der Waals surface area contributed by atoms with E-state index in [4.69, 9.17) is 18.9 Å². The van der Waals surface area contributed by atoms with Crippen LogP contribution in [0.5, 0.6) is 0 Å². The smallest absolute Gasteiger partial charge is 0.220 e. The summed E-state index contributed by atoms with van der Waals surface area (Å²) in [5.74, 6) is -0.254. The fraction of sp³-hybridized carbons (Fsp3) is 0.762. The zero-order valence-corrected chi connectivity index (χ0v) is 59.2. The number of aliphatic hydroxyl groups excluding tert-OH is 8. The lowest BCUT2D eigenvalue weighted by Gasteiger charge is -2.46. The molecule has 2 heterocycles. The van der Waals surface area contributed by atoms with Gasteiger partial charge in [0.15, 0.2) is 12.6 Å². The van der Waals surface area contributed by atoms with Crippen LogP contribution in [-0.4, -0.2) is 140 Å². The Morgan fingerprint density at radius 3 is 1.17 bits per heavy atom. The molecule has 0 aromatic carbocycles. The van der Waals surface area contributed by atoms with Gasteiger partial charge in [-0.05, 0) is 89.9 Å². The number of hydrogen-bond acceptors (Lipinski definition) is 13. The molecule has 2 aliphatic heterocycles. The molecule has 9 N–H and O–H groups in total. The van der Waals surface area contributed by atoms with Crippen molar-refractivity contribution in [2.75, 3.05) is 19.8 Å². The second-order valence-electron chi connectivity index (χ2n) is 26.4. The van der Waals surface area contributed by atoms with E-state index in [0.29, 0.717) is 12.8 Å². The normalized spacial score (nSPS) is 23.1. The fourth-order valence-corrected chi connectivity index (χ4v) is 11.9. The molecule has 2 saturated heterocycles. The van der Waals surface area contributed by atoms with Crippen LogP contribution in [0.3, 0.4) is 0 Å². The van der Waals surface area contributed by atoms with E-state index in [9.17, 15) is 45.6 Å². The van der Waals surface area contributed by atoms with E-state index in [0.717, 1.165) is 83.5 Å². The van der Waals surface area contributed by atoms with Crippen molar-refractivity contribution >= 4 is 5.91 Å². The molecule has 1 amide bonds. The number of allylic oxidation sites excluding steroid dienone is 17. The van der Waals surface area contributed by atoms with Crippen molar-refractivity contribution in [3.8, 4) is 0 Å². The van der Waals surface area contributed by atoms with Crippen molar-refractivity contribution in [2.45, 2.75) is 370 Å². The van der Waals surface area contributed by atoms with Gasteiger partial charge in [-0.3, -0.25) is 4.79 Å². The minimum absolute atomic E-state index is 0.254. The Hall–Kier alpha value is -3.35. The Kier molecular flexibility index (Phi) is 58.2. The minimum atomic E-state index is -1.80. The number of rotatable bonds is 62. The van der Waals surface area contributed by atoms with E-state index >= 15 is 0 Å². The van der Waals surface area contributed by atoms with Crippen molar-refractivity contribution in [1.29, 1.82) is 0 Å². The molecule has 14 nitrogen and oxygen atoms in total. The van der Waals surface area contributed by atoms with Crippen LogP contribution in [-0.2, 0) is 23.7 Å². The Morgan fingerprint density at radius 2 is 0.745 bits per heavy atom. The fourth-order valence-electron chi connectivity index (χ4n) is 11.9. The van der Waals surface area contributed by atoms with Crippen LogP contribution in [0.15, 0.2) is 109 Å². The van der Waals surface area contributed by atoms with Crippen LogP contribution >= 0.6 is 0 Å². The number of aliphatic hydroxyl groups is 8. The highest BCUT2D eigenvalue weighted by Gasteiger charge is 2.51. The third-order valence-electron chi connectivity index (χ3n) is 17.9. The van der Waals surface area contributed by atoms with Gasteiger partial charge in [0.25, 0.3) is 0 Å². The second kappa shape index (κ2) is 63.1. The molecule has 2 rings (SSSR count). The molecule has 2 fully saturated rings. The summed E-state index contributed by atoms with van der Waals surface area (Å²) in [7, 11) is 0. The van der Waals surface area contributed by atoms with Gasteiger partial charge in [-0.1, -0.05) is 309 Å². The summed E-state index contributed by atoms with van der Waals surface area (Å²) in [6.07, 6.45) is 74.4. The topological polar surface area (TPSA) is 228 Å². The molecule has 14 heteroatoms. The van der Waals surface area contributed by atoms with Gasteiger partial charge < -0.3 is 65.1 Å². The predicted molar refractivity (Wildman–Crippen MR) is 387 cm³/mol. The molecule has 12 unspecified atom stereocenters. The molecular formula is C80H139NO13. The predicted octanol–water partition coefficient (Wildman–Crippen LogP) is 16.7. The van der Waals surface area contributed by atoms with E-state index in [1.54, 1.807) is 6.08 Å². The van der Waals surface area contributed by atoms with Crippen LogP contribution in [0.2, 0.25) is 0 Å². The van der Waals surface area contributed by atoms with E-state index in [-0.39, 0.29) is 18.9 Å². The number of nitrogens with one attached hydrogen (secondary N) is 1. The SMILES string of the molecule is CC/C=C\C/C=C\C/C=C\C/C=C\C/C=C\C/C=C\C/C=C\CCCCCCCCCCCCCC(=O)NC(COC1OC(CO)C(OC2OC(CO)C(O)C(O)C2O)C(O)C1O)C(O)/C=C/CC/C=C/CCCCCCCCCCCCCCCCCCCCCCC. The molecule has 0 aromatic heterocycles. The molecule has 94 heavy (non-hydrogen) atoms. The zero-order chi connectivity index (χ0) is 68.0. The van der Waals surface area contributed by atoms with Gasteiger partial charge in [0, 0.05) is 6.42 Å². The van der Waals surface area contributed by atoms with Gasteiger partial charge in [0.05, 0.1) is 32.0 Å². The Morgan fingerprint density at radius 1 is 0.394 bits per heavy atom. The maximum absolute atomic E-state index is 13.4. The largest absolute Gasteiger partial charge is 0.394 e. The van der Waals surface area contributed by atoms with E-state index in [2.05, 4.69) is 116 Å². The number of carbonyl (C=O) groups excluding carboxylic acids is 1. The summed E-state index contributed by atoms with van der Waals surface area (Å²) in [5, 5.41) is 87.6. The Bertz CT molecular complexity index is 2000. The maximum atomic E-state index is 13.4. The highest BCUT2D eigenvalue weighted by molar-refractivity contribution is 5.76. The van der Waals surface area contributed by atoms with Crippen LogP contribution < -0.4 is 5.32 Å². The number of hydrogen-bond donors (Lipinski definition) is 9. The van der Waals surface area contributed by atoms with Crippen LogP contribution in [0, 0.1) is 0 Å². The summed E-state index contributed by atoms with van der Waals surface area (Å²) in [6, 6.07) is -0.942. The lowest BCUT2D eigenvalue weighted by molar-refractivity contribution is -0.359. The molecule has 0 aliphatic carbocycles. The van der Waals surface area contributed by atoms with Crippen molar-refractivity contribution in [3.63, 3.8) is 0 Å². The summed E-state index contributed by atoms with van der Waals surface area (Å²) in [4.78, 5) is 13.4. The van der Waals surface area contributed by atoms with E-state index in [1.165, 1.54) is 180 Å². The summed E-state index contributed by atoms with van der Waals surface area (Å²) >= 11 is 0. The van der Waals surface area contributed by atoms with Gasteiger partial charge in [0.2, 0.25) is 5.91 Å². The summed E-state index contributed by atoms with van der Waals surface area (Å²) in [6.45, 7) is 2.69. The molecule has 0 spiro atoms.